The first-order valence-corrected chi connectivity index (χ1v) is 7.36. The van der Waals surface area contributed by atoms with Crippen LogP contribution in [0, 0.1) is 5.92 Å². The third-order valence-corrected chi connectivity index (χ3v) is 4.42. The van der Waals surface area contributed by atoms with Crippen LogP contribution in [-0.4, -0.2) is 25.0 Å². The standard InChI is InChI=1S/C16H24N2/c1-18(11-13-5-2-3-6-13)12-15-8-4-7-14-9-10-17-16(14)15/h4,7-8,13,17H,2-3,5-6,9-12H2,1H3. The van der Waals surface area contributed by atoms with Crippen LogP contribution in [-0.2, 0) is 13.0 Å². The summed E-state index contributed by atoms with van der Waals surface area (Å²) in [6, 6.07) is 6.75. The minimum Gasteiger partial charge on any atom is -0.384 e. The summed E-state index contributed by atoms with van der Waals surface area (Å²) in [6.45, 7) is 3.47. The smallest absolute Gasteiger partial charge is 0.0419 e. The molecule has 98 valence electrons. The molecule has 1 aromatic carbocycles. The van der Waals surface area contributed by atoms with E-state index in [1.807, 2.05) is 0 Å². The second kappa shape index (κ2) is 5.31. The molecule has 1 aliphatic heterocycles. The Bertz CT molecular complexity index is 408. The van der Waals surface area contributed by atoms with Crippen molar-refractivity contribution in [3.05, 3.63) is 29.3 Å². The number of benzene rings is 1. The summed E-state index contributed by atoms with van der Waals surface area (Å²) in [6.07, 6.45) is 6.96. The fraction of sp³-hybridized carbons (Fsp3) is 0.625. The van der Waals surface area contributed by atoms with Gasteiger partial charge < -0.3 is 10.2 Å². The van der Waals surface area contributed by atoms with Crippen molar-refractivity contribution >= 4 is 5.69 Å². The first-order valence-electron chi connectivity index (χ1n) is 7.36. The Hall–Kier alpha value is -1.02. The molecule has 2 nitrogen and oxygen atoms in total. The van der Waals surface area contributed by atoms with Crippen LogP contribution in [0.25, 0.3) is 0 Å². The zero-order valence-corrected chi connectivity index (χ0v) is 11.4. The third-order valence-electron chi connectivity index (χ3n) is 4.42. The highest BCUT2D eigenvalue weighted by Crippen LogP contribution is 2.29. The molecule has 0 aromatic heterocycles. The Labute approximate surface area is 110 Å². The molecule has 1 N–H and O–H groups in total. The molecule has 1 aliphatic carbocycles. The van der Waals surface area contributed by atoms with Crippen LogP contribution in [0.3, 0.4) is 0 Å². The van der Waals surface area contributed by atoms with Gasteiger partial charge in [-0.05, 0) is 43.4 Å². The summed E-state index contributed by atoms with van der Waals surface area (Å²) in [5, 5.41) is 3.54. The summed E-state index contributed by atoms with van der Waals surface area (Å²) in [5.74, 6) is 0.944. The van der Waals surface area contributed by atoms with E-state index in [0.29, 0.717) is 0 Å². The van der Waals surface area contributed by atoms with Gasteiger partial charge in [0.25, 0.3) is 0 Å². The second-order valence-electron chi connectivity index (χ2n) is 5.98. The van der Waals surface area contributed by atoms with E-state index in [0.717, 1.165) is 19.0 Å². The van der Waals surface area contributed by atoms with Gasteiger partial charge in [0, 0.05) is 25.3 Å². The lowest BCUT2D eigenvalue weighted by Gasteiger charge is -2.22. The van der Waals surface area contributed by atoms with Crippen molar-refractivity contribution in [2.75, 3.05) is 25.5 Å². The monoisotopic (exact) mass is 244 g/mol. The van der Waals surface area contributed by atoms with Gasteiger partial charge in [0.05, 0.1) is 0 Å². The van der Waals surface area contributed by atoms with Gasteiger partial charge in [-0.3, -0.25) is 0 Å². The maximum atomic E-state index is 3.54. The lowest BCUT2D eigenvalue weighted by molar-refractivity contribution is 0.271. The molecular weight excluding hydrogens is 220 g/mol. The third kappa shape index (κ3) is 2.54. The molecular formula is C16H24N2. The van der Waals surface area contributed by atoms with Crippen molar-refractivity contribution in [1.82, 2.24) is 4.90 Å². The number of fused-ring (bicyclic) bond motifs is 1. The molecule has 18 heavy (non-hydrogen) atoms. The van der Waals surface area contributed by atoms with Crippen LogP contribution in [0.5, 0.6) is 0 Å². The molecule has 0 radical (unpaired) electrons. The zero-order valence-electron chi connectivity index (χ0n) is 11.4. The van der Waals surface area contributed by atoms with Crippen LogP contribution < -0.4 is 5.32 Å². The Morgan fingerprint density at radius 2 is 2.11 bits per heavy atom. The van der Waals surface area contributed by atoms with Crippen LogP contribution >= 0.6 is 0 Å². The van der Waals surface area contributed by atoms with Crippen molar-refractivity contribution in [2.24, 2.45) is 5.92 Å². The molecule has 2 aliphatic rings. The quantitative estimate of drug-likeness (QED) is 0.874. The van der Waals surface area contributed by atoms with Gasteiger partial charge >= 0.3 is 0 Å². The van der Waals surface area contributed by atoms with E-state index in [1.54, 1.807) is 0 Å². The van der Waals surface area contributed by atoms with E-state index in [9.17, 15) is 0 Å². The molecule has 1 saturated carbocycles. The van der Waals surface area contributed by atoms with Crippen molar-refractivity contribution < 1.29 is 0 Å². The molecule has 1 aromatic rings. The lowest BCUT2D eigenvalue weighted by Crippen LogP contribution is -2.24. The van der Waals surface area contributed by atoms with Gasteiger partial charge in [-0.1, -0.05) is 31.0 Å². The van der Waals surface area contributed by atoms with E-state index in [1.165, 1.54) is 55.5 Å². The van der Waals surface area contributed by atoms with E-state index >= 15 is 0 Å². The number of hydrogen-bond acceptors (Lipinski definition) is 2. The second-order valence-corrected chi connectivity index (χ2v) is 5.98. The highest BCUT2D eigenvalue weighted by molar-refractivity contribution is 5.61. The van der Waals surface area contributed by atoms with E-state index in [-0.39, 0.29) is 0 Å². The topological polar surface area (TPSA) is 15.3 Å². The SMILES string of the molecule is CN(Cc1cccc2c1NCC2)CC1CCCC1. The maximum absolute atomic E-state index is 3.54. The highest BCUT2D eigenvalue weighted by Gasteiger charge is 2.18. The van der Waals surface area contributed by atoms with Crippen LogP contribution in [0.2, 0.25) is 0 Å². The molecule has 0 spiro atoms. The first kappa shape index (κ1) is 12.0. The van der Waals surface area contributed by atoms with E-state index in [4.69, 9.17) is 0 Å². The molecule has 3 rings (SSSR count). The molecule has 2 heteroatoms. The highest BCUT2D eigenvalue weighted by atomic mass is 15.1. The largest absolute Gasteiger partial charge is 0.384 e. The number of rotatable bonds is 4. The van der Waals surface area contributed by atoms with Gasteiger partial charge in [0.2, 0.25) is 0 Å². The summed E-state index contributed by atoms with van der Waals surface area (Å²) < 4.78 is 0. The summed E-state index contributed by atoms with van der Waals surface area (Å²) in [4.78, 5) is 2.51. The molecule has 0 atom stereocenters. The Kier molecular flexibility index (Phi) is 3.55. The Balaban J connectivity index is 1.63. The number of para-hydroxylation sites is 1. The maximum Gasteiger partial charge on any atom is 0.0419 e. The minimum atomic E-state index is 0.944. The van der Waals surface area contributed by atoms with Gasteiger partial charge in [0.15, 0.2) is 0 Å². The first-order chi connectivity index (χ1) is 8.83. The van der Waals surface area contributed by atoms with Crippen molar-refractivity contribution in [1.29, 1.82) is 0 Å². The van der Waals surface area contributed by atoms with Crippen LogP contribution in [0.4, 0.5) is 5.69 Å². The zero-order chi connectivity index (χ0) is 12.4. The fourth-order valence-corrected chi connectivity index (χ4v) is 3.53. The average Bonchev–Trinajstić information content (AvgIpc) is 2.99. The molecule has 0 bridgehead atoms. The summed E-state index contributed by atoms with van der Waals surface area (Å²) >= 11 is 0. The van der Waals surface area contributed by atoms with Crippen LogP contribution in [0.15, 0.2) is 18.2 Å². The average molecular weight is 244 g/mol. The Morgan fingerprint density at radius 3 is 2.94 bits per heavy atom. The van der Waals surface area contributed by atoms with Gasteiger partial charge in [-0.15, -0.1) is 0 Å². The van der Waals surface area contributed by atoms with Crippen molar-refractivity contribution in [3.63, 3.8) is 0 Å². The van der Waals surface area contributed by atoms with Gasteiger partial charge in [-0.25, -0.2) is 0 Å². The number of nitrogens with zero attached hydrogens (tertiary/aromatic N) is 1. The molecule has 1 fully saturated rings. The lowest BCUT2D eigenvalue weighted by atomic mass is 10.1. The van der Waals surface area contributed by atoms with Crippen molar-refractivity contribution in [2.45, 2.75) is 38.6 Å². The number of hydrogen-bond donors (Lipinski definition) is 1. The number of nitrogens with one attached hydrogen (secondary N) is 1. The molecule has 0 amide bonds. The van der Waals surface area contributed by atoms with E-state index in [2.05, 4.69) is 35.5 Å². The summed E-state index contributed by atoms with van der Waals surface area (Å²) in [5.41, 5.74) is 4.39. The summed E-state index contributed by atoms with van der Waals surface area (Å²) in [7, 11) is 2.27. The fourth-order valence-electron chi connectivity index (χ4n) is 3.53. The van der Waals surface area contributed by atoms with E-state index < -0.39 is 0 Å². The predicted molar refractivity (Wildman–Crippen MR) is 76.9 cm³/mol. The molecule has 1 heterocycles. The van der Waals surface area contributed by atoms with Gasteiger partial charge in [-0.2, -0.15) is 0 Å². The Morgan fingerprint density at radius 1 is 1.28 bits per heavy atom. The van der Waals surface area contributed by atoms with Crippen LogP contribution in [0.1, 0.15) is 36.8 Å². The van der Waals surface area contributed by atoms with Gasteiger partial charge in [0.1, 0.15) is 0 Å². The molecule has 0 unspecified atom stereocenters. The van der Waals surface area contributed by atoms with Crippen molar-refractivity contribution in [3.8, 4) is 0 Å². The number of anilines is 1. The predicted octanol–water partition coefficient (Wildman–Crippen LogP) is 3.28. The minimum absolute atomic E-state index is 0.944. The molecule has 0 saturated heterocycles. The normalized spacial score (nSPS) is 19.2.